The van der Waals surface area contributed by atoms with Crippen molar-refractivity contribution in [3.05, 3.63) is 149 Å². The maximum Gasteiger partial charge on any atom is 0.151 e. The first-order chi connectivity index (χ1) is 20.7. The van der Waals surface area contributed by atoms with Crippen LogP contribution in [0.2, 0.25) is 0 Å². The molecule has 1 aliphatic heterocycles. The lowest BCUT2D eigenvalue weighted by Crippen LogP contribution is -2.15. The van der Waals surface area contributed by atoms with Crippen LogP contribution in [0.5, 0.6) is 11.5 Å². The van der Waals surface area contributed by atoms with Crippen LogP contribution < -0.4 is 9.64 Å². The molecule has 4 heteroatoms. The lowest BCUT2D eigenvalue weighted by atomic mass is 9.83. The monoisotopic (exact) mass is 537 g/mol. The Morgan fingerprint density at radius 3 is 1.83 bits per heavy atom. The highest BCUT2D eigenvalue weighted by atomic mass is 16.5. The summed E-state index contributed by atoms with van der Waals surface area (Å²) in [6.07, 6.45) is 1.72. The zero-order valence-electron chi connectivity index (χ0n) is 22.6. The van der Waals surface area contributed by atoms with Crippen LogP contribution in [0.15, 0.2) is 115 Å². The Kier molecular flexibility index (Phi) is 5.36. The van der Waals surface area contributed by atoms with E-state index in [9.17, 15) is 10.5 Å². The molecular weight excluding hydrogens is 514 g/mol. The number of benzene rings is 6. The van der Waals surface area contributed by atoms with Crippen molar-refractivity contribution in [2.45, 2.75) is 12.8 Å². The van der Waals surface area contributed by atoms with Crippen molar-refractivity contribution in [1.82, 2.24) is 0 Å². The number of nitrogens with zero attached hydrogens (tertiary/aromatic N) is 3. The lowest BCUT2D eigenvalue weighted by molar-refractivity contribution is 0.477. The molecule has 0 atom stereocenters. The average molecular weight is 538 g/mol. The van der Waals surface area contributed by atoms with Gasteiger partial charge in [0.25, 0.3) is 0 Å². The number of nitriles is 2. The first kappa shape index (κ1) is 24.0. The topological polar surface area (TPSA) is 60.0 Å². The van der Waals surface area contributed by atoms with E-state index in [0.717, 1.165) is 52.5 Å². The quantitative estimate of drug-likeness (QED) is 0.220. The van der Waals surface area contributed by atoms with Crippen LogP contribution in [-0.2, 0) is 12.8 Å². The Hall–Kier alpha value is -5.84. The van der Waals surface area contributed by atoms with E-state index in [1.54, 1.807) is 6.07 Å². The molecule has 1 aliphatic carbocycles. The van der Waals surface area contributed by atoms with Crippen molar-refractivity contribution in [2.75, 3.05) is 4.90 Å². The molecule has 0 aromatic heterocycles. The standard InChI is InChI=1S/C38H23N3O/c39-22-24-13-25(23-40)15-29(14-24)26-9-10-27-17-32-20-33-21-34(12-11-28(33)18-31(32)19-30(27)16-26)41-35-5-1-3-7-37(35)42-38-8-4-2-6-36(38)41/h1-16,18,20-21H,17,19H2. The molecule has 0 saturated carbocycles. The van der Waals surface area contributed by atoms with Gasteiger partial charge in [-0.25, -0.2) is 0 Å². The Labute approximate surface area is 243 Å². The summed E-state index contributed by atoms with van der Waals surface area (Å²) in [4.78, 5) is 2.28. The van der Waals surface area contributed by atoms with Crippen molar-refractivity contribution < 1.29 is 4.74 Å². The third kappa shape index (κ3) is 3.90. The second-order valence-electron chi connectivity index (χ2n) is 10.9. The summed E-state index contributed by atoms with van der Waals surface area (Å²) in [7, 11) is 0. The summed E-state index contributed by atoms with van der Waals surface area (Å²) in [6.45, 7) is 0. The van der Waals surface area contributed by atoms with Crippen LogP contribution in [0.1, 0.15) is 33.4 Å². The number of fused-ring (bicyclic) bond motifs is 5. The zero-order valence-corrected chi connectivity index (χ0v) is 22.6. The minimum absolute atomic E-state index is 0.502. The molecule has 2 aliphatic rings. The average Bonchev–Trinajstić information content (AvgIpc) is 3.04. The molecule has 0 fully saturated rings. The van der Waals surface area contributed by atoms with E-state index in [-0.39, 0.29) is 0 Å². The second-order valence-corrected chi connectivity index (χ2v) is 10.9. The van der Waals surface area contributed by atoms with E-state index in [0.29, 0.717) is 11.1 Å². The first-order valence-corrected chi connectivity index (χ1v) is 14.0. The summed E-state index contributed by atoms with van der Waals surface area (Å²) in [5.74, 6) is 1.70. The van der Waals surface area contributed by atoms with Gasteiger partial charge in [0.1, 0.15) is 0 Å². The fourth-order valence-corrected chi connectivity index (χ4v) is 6.31. The van der Waals surface area contributed by atoms with Crippen molar-refractivity contribution >= 4 is 27.8 Å². The number of hydrogen-bond acceptors (Lipinski definition) is 4. The SMILES string of the molecule is N#Cc1cc(C#N)cc(-c2ccc3c(c2)Cc2cc4ccc(N5c6ccccc6Oc6ccccc65)cc4cc2C3)c1. The highest BCUT2D eigenvalue weighted by molar-refractivity contribution is 5.93. The largest absolute Gasteiger partial charge is 0.453 e. The molecule has 0 amide bonds. The van der Waals surface area contributed by atoms with Gasteiger partial charge in [-0.05, 0) is 112 Å². The van der Waals surface area contributed by atoms with Crippen LogP contribution in [0.25, 0.3) is 21.9 Å². The normalized spacial score (nSPS) is 12.7. The molecule has 8 rings (SSSR count). The van der Waals surface area contributed by atoms with E-state index in [4.69, 9.17) is 4.74 Å². The number of hydrogen-bond donors (Lipinski definition) is 0. The van der Waals surface area contributed by atoms with Gasteiger partial charge in [-0.2, -0.15) is 10.5 Å². The molecule has 6 aromatic rings. The molecule has 1 heterocycles. The molecule has 0 radical (unpaired) electrons. The molecule has 0 N–H and O–H groups in total. The molecule has 0 spiro atoms. The number of rotatable bonds is 2. The van der Waals surface area contributed by atoms with Gasteiger partial charge in [-0.3, -0.25) is 0 Å². The second kappa shape index (κ2) is 9.37. The van der Waals surface area contributed by atoms with Gasteiger partial charge in [0.2, 0.25) is 0 Å². The minimum Gasteiger partial charge on any atom is -0.453 e. The van der Waals surface area contributed by atoms with E-state index < -0.39 is 0 Å². The van der Waals surface area contributed by atoms with Crippen LogP contribution >= 0.6 is 0 Å². The predicted octanol–water partition coefficient (Wildman–Crippen LogP) is 9.32. The molecule has 6 aromatic carbocycles. The fourth-order valence-electron chi connectivity index (χ4n) is 6.31. The summed E-state index contributed by atoms with van der Waals surface area (Å²) in [5, 5.41) is 21.3. The third-order valence-electron chi connectivity index (χ3n) is 8.33. The van der Waals surface area contributed by atoms with Gasteiger partial charge < -0.3 is 9.64 Å². The minimum atomic E-state index is 0.502. The van der Waals surface area contributed by atoms with Gasteiger partial charge in [-0.1, -0.05) is 60.7 Å². The summed E-state index contributed by atoms with van der Waals surface area (Å²) in [6, 6.07) is 43.9. The highest BCUT2D eigenvalue weighted by Gasteiger charge is 2.25. The predicted molar refractivity (Wildman–Crippen MR) is 166 cm³/mol. The Morgan fingerprint density at radius 1 is 0.524 bits per heavy atom. The zero-order chi connectivity index (χ0) is 28.2. The lowest BCUT2D eigenvalue weighted by Gasteiger charge is -2.33. The van der Waals surface area contributed by atoms with Crippen LogP contribution in [-0.4, -0.2) is 0 Å². The van der Waals surface area contributed by atoms with E-state index in [2.05, 4.69) is 77.7 Å². The third-order valence-corrected chi connectivity index (χ3v) is 8.33. The number of anilines is 3. The Bertz CT molecular complexity index is 2090. The van der Waals surface area contributed by atoms with Crippen LogP contribution in [0, 0.1) is 22.7 Å². The van der Waals surface area contributed by atoms with E-state index in [1.807, 2.05) is 48.5 Å². The van der Waals surface area contributed by atoms with Gasteiger partial charge in [-0.15, -0.1) is 0 Å². The molecule has 0 bridgehead atoms. The Morgan fingerprint density at radius 2 is 1.14 bits per heavy atom. The van der Waals surface area contributed by atoms with Crippen LogP contribution in [0.4, 0.5) is 17.1 Å². The maximum absolute atomic E-state index is 9.43. The number of para-hydroxylation sites is 4. The van der Waals surface area contributed by atoms with Crippen molar-refractivity contribution in [1.29, 1.82) is 10.5 Å². The molecule has 196 valence electrons. The highest BCUT2D eigenvalue weighted by Crippen LogP contribution is 2.50. The molecular formula is C38H23N3O. The van der Waals surface area contributed by atoms with Crippen molar-refractivity contribution in [3.8, 4) is 34.8 Å². The van der Waals surface area contributed by atoms with Gasteiger partial charge >= 0.3 is 0 Å². The maximum atomic E-state index is 9.43. The summed E-state index contributed by atoms with van der Waals surface area (Å²) < 4.78 is 6.21. The first-order valence-electron chi connectivity index (χ1n) is 14.0. The molecule has 0 unspecified atom stereocenters. The van der Waals surface area contributed by atoms with Crippen molar-refractivity contribution in [3.63, 3.8) is 0 Å². The molecule has 0 saturated heterocycles. The van der Waals surface area contributed by atoms with E-state index in [1.165, 1.54) is 33.0 Å². The van der Waals surface area contributed by atoms with E-state index >= 15 is 0 Å². The number of ether oxygens (including phenoxy) is 1. The van der Waals surface area contributed by atoms with Crippen LogP contribution in [0.3, 0.4) is 0 Å². The Balaban J connectivity index is 1.17. The summed E-state index contributed by atoms with van der Waals surface area (Å²) >= 11 is 0. The van der Waals surface area contributed by atoms with Gasteiger partial charge in [0.05, 0.1) is 34.6 Å². The van der Waals surface area contributed by atoms with Gasteiger partial charge in [0.15, 0.2) is 11.5 Å². The van der Waals surface area contributed by atoms with Gasteiger partial charge in [0, 0.05) is 5.69 Å². The smallest absolute Gasteiger partial charge is 0.151 e. The summed E-state index contributed by atoms with van der Waals surface area (Å²) in [5.41, 5.74) is 11.4. The fraction of sp³-hybridized carbons (Fsp3) is 0.0526. The molecule has 42 heavy (non-hydrogen) atoms. The van der Waals surface area contributed by atoms with Crippen molar-refractivity contribution in [2.24, 2.45) is 0 Å². The molecule has 4 nitrogen and oxygen atoms in total.